The number of amides is 1. The van der Waals surface area contributed by atoms with E-state index in [2.05, 4.69) is 31.5 Å². The molecule has 1 aromatic carbocycles. The van der Waals surface area contributed by atoms with Gasteiger partial charge in [-0.25, -0.2) is 4.98 Å². The van der Waals surface area contributed by atoms with E-state index in [1.54, 1.807) is 19.4 Å². The van der Waals surface area contributed by atoms with E-state index in [4.69, 9.17) is 9.47 Å². The highest BCUT2D eigenvalue weighted by Crippen LogP contribution is 2.38. The van der Waals surface area contributed by atoms with E-state index < -0.39 is 0 Å². The van der Waals surface area contributed by atoms with Gasteiger partial charge in [-0.15, -0.1) is 10.2 Å². The van der Waals surface area contributed by atoms with E-state index in [-0.39, 0.29) is 17.9 Å². The molecule has 5 rings (SSSR count). The van der Waals surface area contributed by atoms with Crippen molar-refractivity contribution in [1.29, 1.82) is 0 Å². The molecule has 170 valence electrons. The summed E-state index contributed by atoms with van der Waals surface area (Å²) in [5.41, 5.74) is 2.74. The minimum Gasteiger partial charge on any atom is -0.487 e. The van der Waals surface area contributed by atoms with Gasteiger partial charge in [0.2, 0.25) is 11.8 Å². The van der Waals surface area contributed by atoms with Crippen LogP contribution in [0.15, 0.2) is 54.7 Å². The van der Waals surface area contributed by atoms with Gasteiger partial charge in [0.1, 0.15) is 17.7 Å². The lowest BCUT2D eigenvalue weighted by Crippen LogP contribution is -2.45. The van der Waals surface area contributed by atoms with Gasteiger partial charge < -0.3 is 19.7 Å². The van der Waals surface area contributed by atoms with Gasteiger partial charge in [0.15, 0.2) is 0 Å². The minimum absolute atomic E-state index is 0.0466. The number of nitrogens with zero attached hydrogens (tertiary/aromatic N) is 4. The summed E-state index contributed by atoms with van der Waals surface area (Å²) in [6, 6.07) is 15.6. The van der Waals surface area contributed by atoms with Gasteiger partial charge in [0.25, 0.3) is 0 Å². The van der Waals surface area contributed by atoms with E-state index in [1.165, 1.54) is 0 Å². The largest absolute Gasteiger partial charge is 0.487 e. The van der Waals surface area contributed by atoms with Crippen molar-refractivity contribution in [3.63, 3.8) is 0 Å². The molecule has 4 heterocycles. The van der Waals surface area contributed by atoms with Crippen molar-refractivity contribution in [3.8, 4) is 22.9 Å². The summed E-state index contributed by atoms with van der Waals surface area (Å²) in [6.45, 7) is 2.09. The maximum absolute atomic E-state index is 12.9. The number of pyridine rings is 1. The minimum atomic E-state index is -0.105. The van der Waals surface area contributed by atoms with E-state index in [0.29, 0.717) is 19.0 Å². The summed E-state index contributed by atoms with van der Waals surface area (Å²) in [4.78, 5) is 19.5. The SMILES string of the molecule is COc1ccc(-c2cccc3c2OC(CNC(=O)C2CCCN(c4ccccn4)C2)C3)nn1. The molecule has 0 aliphatic carbocycles. The number of fused-ring (bicyclic) bond motifs is 1. The number of benzene rings is 1. The first-order valence-corrected chi connectivity index (χ1v) is 11.3. The van der Waals surface area contributed by atoms with Crippen molar-refractivity contribution in [2.24, 2.45) is 5.92 Å². The summed E-state index contributed by atoms with van der Waals surface area (Å²) in [7, 11) is 1.56. The fourth-order valence-electron chi connectivity index (χ4n) is 4.53. The molecule has 33 heavy (non-hydrogen) atoms. The van der Waals surface area contributed by atoms with Crippen molar-refractivity contribution < 1.29 is 14.3 Å². The van der Waals surface area contributed by atoms with Crippen LogP contribution in [0.2, 0.25) is 0 Å². The Bertz CT molecular complexity index is 1110. The van der Waals surface area contributed by atoms with Crippen LogP contribution in [0.3, 0.4) is 0 Å². The van der Waals surface area contributed by atoms with Crippen molar-refractivity contribution in [2.75, 3.05) is 31.6 Å². The highest BCUT2D eigenvalue weighted by atomic mass is 16.5. The molecule has 8 nitrogen and oxygen atoms in total. The third kappa shape index (κ3) is 4.60. The molecule has 0 radical (unpaired) electrons. The van der Waals surface area contributed by atoms with E-state index in [0.717, 1.165) is 54.2 Å². The number of rotatable bonds is 6. The van der Waals surface area contributed by atoms with Crippen LogP contribution in [0.4, 0.5) is 5.82 Å². The van der Waals surface area contributed by atoms with Crippen molar-refractivity contribution in [2.45, 2.75) is 25.4 Å². The summed E-state index contributed by atoms with van der Waals surface area (Å²) in [6.07, 6.45) is 4.30. The van der Waals surface area contributed by atoms with Gasteiger partial charge in [-0.2, -0.15) is 0 Å². The Hall–Kier alpha value is -3.68. The Balaban J connectivity index is 1.20. The number of ether oxygens (including phenoxy) is 2. The average Bonchev–Trinajstić information content (AvgIpc) is 3.31. The topological polar surface area (TPSA) is 89.5 Å². The van der Waals surface area contributed by atoms with Crippen LogP contribution in [0, 0.1) is 5.92 Å². The number of nitrogens with one attached hydrogen (secondary N) is 1. The summed E-state index contributed by atoms with van der Waals surface area (Å²) < 4.78 is 11.3. The number of carbonyl (C=O) groups is 1. The van der Waals surface area contributed by atoms with Crippen LogP contribution in [0.25, 0.3) is 11.3 Å². The molecule has 2 atom stereocenters. The van der Waals surface area contributed by atoms with Crippen molar-refractivity contribution in [3.05, 3.63) is 60.3 Å². The van der Waals surface area contributed by atoms with Gasteiger partial charge >= 0.3 is 0 Å². The monoisotopic (exact) mass is 445 g/mol. The lowest BCUT2D eigenvalue weighted by molar-refractivity contribution is -0.125. The number of hydrogen-bond donors (Lipinski definition) is 1. The zero-order valence-electron chi connectivity index (χ0n) is 18.6. The molecule has 2 aliphatic rings. The van der Waals surface area contributed by atoms with Crippen molar-refractivity contribution >= 4 is 11.7 Å². The van der Waals surface area contributed by atoms with Gasteiger partial charge in [0.05, 0.1) is 25.3 Å². The maximum Gasteiger partial charge on any atom is 0.233 e. The number of carbonyl (C=O) groups excluding carboxylic acids is 1. The smallest absolute Gasteiger partial charge is 0.233 e. The summed E-state index contributed by atoms with van der Waals surface area (Å²) in [5.74, 6) is 2.25. The van der Waals surface area contributed by atoms with Crippen LogP contribution >= 0.6 is 0 Å². The number of hydrogen-bond acceptors (Lipinski definition) is 7. The third-order valence-electron chi connectivity index (χ3n) is 6.22. The van der Waals surface area contributed by atoms with Gasteiger partial charge in [0, 0.05) is 37.3 Å². The van der Waals surface area contributed by atoms with Crippen LogP contribution < -0.4 is 19.7 Å². The predicted octanol–water partition coefficient (Wildman–Crippen LogP) is 2.88. The Kier molecular flexibility index (Phi) is 6.06. The highest BCUT2D eigenvalue weighted by Gasteiger charge is 2.30. The molecular formula is C25H27N5O3. The molecule has 1 amide bonds. The zero-order valence-corrected chi connectivity index (χ0v) is 18.6. The number of para-hydroxylation sites is 1. The normalized spacial score (nSPS) is 19.5. The first kappa shape index (κ1) is 21.2. The fraction of sp³-hybridized carbons (Fsp3) is 0.360. The molecular weight excluding hydrogens is 418 g/mol. The third-order valence-corrected chi connectivity index (χ3v) is 6.22. The molecule has 8 heteroatoms. The van der Waals surface area contributed by atoms with E-state index in [1.807, 2.05) is 36.4 Å². The molecule has 0 bridgehead atoms. The van der Waals surface area contributed by atoms with Gasteiger partial charge in [-0.05, 0) is 42.7 Å². The molecule has 3 aromatic rings. The molecule has 1 N–H and O–H groups in total. The summed E-state index contributed by atoms with van der Waals surface area (Å²) >= 11 is 0. The molecule has 1 fully saturated rings. The van der Waals surface area contributed by atoms with E-state index in [9.17, 15) is 4.79 Å². The Morgan fingerprint density at radius 2 is 2.12 bits per heavy atom. The standard InChI is InChI=1S/C25H27N5O3/c1-32-23-11-10-21(28-29-23)20-8-4-6-17-14-19(33-24(17)20)15-27-25(31)18-7-5-13-30(16-18)22-9-2-3-12-26-22/h2-4,6,8-12,18-19H,5,7,13-16H2,1H3,(H,27,31). The molecule has 2 aliphatic heterocycles. The number of anilines is 1. The second kappa shape index (κ2) is 9.44. The van der Waals surface area contributed by atoms with Crippen LogP contribution in [0.5, 0.6) is 11.6 Å². The Labute approximate surface area is 193 Å². The first-order valence-electron chi connectivity index (χ1n) is 11.3. The lowest BCUT2D eigenvalue weighted by Gasteiger charge is -2.33. The first-order chi connectivity index (χ1) is 16.2. The second-order valence-electron chi connectivity index (χ2n) is 8.42. The molecule has 2 aromatic heterocycles. The van der Waals surface area contributed by atoms with Crippen LogP contribution in [-0.4, -0.2) is 53.9 Å². The van der Waals surface area contributed by atoms with Crippen molar-refractivity contribution in [1.82, 2.24) is 20.5 Å². The Morgan fingerprint density at radius 1 is 1.18 bits per heavy atom. The number of piperidine rings is 1. The number of aromatic nitrogens is 3. The molecule has 1 saturated heterocycles. The average molecular weight is 446 g/mol. The van der Waals surface area contributed by atoms with Gasteiger partial charge in [-0.3, -0.25) is 4.79 Å². The fourth-order valence-corrected chi connectivity index (χ4v) is 4.53. The van der Waals surface area contributed by atoms with E-state index >= 15 is 0 Å². The predicted molar refractivity (Wildman–Crippen MR) is 124 cm³/mol. The molecule has 0 spiro atoms. The van der Waals surface area contributed by atoms with Gasteiger partial charge in [-0.1, -0.05) is 18.2 Å². The molecule has 2 unspecified atom stereocenters. The number of methoxy groups -OCH3 is 1. The van der Waals surface area contributed by atoms with Crippen LogP contribution in [0.1, 0.15) is 18.4 Å². The molecule has 0 saturated carbocycles. The Morgan fingerprint density at radius 3 is 2.91 bits per heavy atom. The zero-order chi connectivity index (χ0) is 22.6. The quantitative estimate of drug-likeness (QED) is 0.624. The second-order valence-corrected chi connectivity index (χ2v) is 8.42. The lowest BCUT2D eigenvalue weighted by atomic mass is 9.97. The summed E-state index contributed by atoms with van der Waals surface area (Å²) in [5, 5.41) is 11.4. The maximum atomic E-state index is 12.9. The highest BCUT2D eigenvalue weighted by molar-refractivity contribution is 5.79. The van der Waals surface area contributed by atoms with Crippen LogP contribution in [-0.2, 0) is 11.2 Å².